The summed E-state index contributed by atoms with van der Waals surface area (Å²) < 4.78 is 36.5. The molecular formula is C33H41FN6O6S. The summed E-state index contributed by atoms with van der Waals surface area (Å²) in [5.41, 5.74) is 4.60. The maximum absolute atomic E-state index is 13.6. The van der Waals surface area contributed by atoms with Gasteiger partial charge in [-0.2, -0.15) is 16.9 Å². The first kappa shape index (κ1) is 32.9. The summed E-state index contributed by atoms with van der Waals surface area (Å²) in [6.07, 6.45) is 3.94. The zero-order valence-corrected chi connectivity index (χ0v) is 27.2. The van der Waals surface area contributed by atoms with E-state index in [1.165, 1.54) is 12.1 Å². The number of fused-ring (bicyclic) bond motifs is 4. The molecule has 3 amide bonds. The quantitative estimate of drug-likeness (QED) is 0.0780. The molecule has 2 fully saturated rings. The Kier molecular flexibility index (Phi) is 11.0. The van der Waals surface area contributed by atoms with Gasteiger partial charge in [-0.15, -0.1) is 0 Å². The lowest BCUT2D eigenvalue weighted by Crippen LogP contribution is -2.36. The molecule has 3 aliphatic rings. The number of nitrogens with one attached hydrogen (secondary N) is 5. The fraction of sp³-hybridized carbons (Fsp3) is 0.485. The van der Waals surface area contributed by atoms with Gasteiger partial charge in [0.15, 0.2) is 17.3 Å². The van der Waals surface area contributed by atoms with Crippen molar-refractivity contribution in [3.8, 4) is 22.8 Å². The van der Waals surface area contributed by atoms with Crippen molar-refractivity contribution in [2.45, 2.75) is 49.4 Å². The number of ether oxygens (including phenoxy) is 4. The molecule has 5 N–H and O–H groups in total. The molecule has 3 atom stereocenters. The highest BCUT2D eigenvalue weighted by molar-refractivity contribution is 8.00. The first-order valence-corrected chi connectivity index (χ1v) is 17.1. The number of H-pyrrole nitrogens is 1. The number of nitrogens with zero attached hydrogens (tertiary/aromatic N) is 1. The van der Waals surface area contributed by atoms with Crippen LogP contribution in [0, 0.1) is 5.82 Å². The molecule has 3 aromatic rings. The zero-order chi connectivity index (χ0) is 32.6. The molecule has 2 saturated heterocycles. The Balaban J connectivity index is 0.817. The molecule has 252 valence electrons. The van der Waals surface area contributed by atoms with E-state index in [0.717, 1.165) is 47.4 Å². The van der Waals surface area contributed by atoms with Crippen LogP contribution in [-0.2, 0) is 20.7 Å². The van der Waals surface area contributed by atoms with Crippen LogP contribution in [0.2, 0.25) is 0 Å². The SMILES string of the molecule is COc1cc2c(cc1OCCOCCOCCNC(=O)CCCCC1SCC3NC(=O)NC31)Cc1c(Nc3cccc(F)c3)n[nH]c1-2. The molecule has 0 spiro atoms. The molecule has 12 nitrogen and oxygen atoms in total. The fourth-order valence-corrected chi connectivity index (χ4v) is 7.71. The number of rotatable bonds is 18. The van der Waals surface area contributed by atoms with E-state index >= 15 is 0 Å². The summed E-state index contributed by atoms with van der Waals surface area (Å²) in [7, 11) is 1.60. The molecule has 0 bridgehead atoms. The molecule has 3 unspecified atom stereocenters. The normalized spacial score (nSPS) is 19.0. The van der Waals surface area contributed by atoms with Crippen molar-refractivity contribution in [3.05, 3.63) is 53.3 Å². The molecule has 47 heavy (non-hydrogen) atoms. The van der Waals surface area contributed by atoms with Crippen LogP contribution in [0.1, 0.15) is 36.8 Å². The van der Waals surface area contributed by atoms with Gasteiger partial charge in [-0.3, -0.25) is 9.89 Å². The third-order valence-corrected chi connectivity index (χ3v) is 10.00. The van der Waals surface area contributed by atoms with Crippen molar-refractivity contribution >= 4 is 35.2 Å². The average Bonchev–Trinajstić information content (AvgIpc) is 3.82. The minimum atomic E-state index is -0.314. The summed E-state index contributed by atoms with van der Waals surface area (Å²) in [5, 5.41) is 20.0. The third-order valence-electron chi connectivity index (χ3n) is 8.49. The highest BCUT2D eigenvalue weighted by Gasteiger charge is 2.42. The van der Waals surface area contributed by atoms with Crippen molar-refractivity contribution in [3.63, 3.8) is 0 Å². The summed E-state index contributed by atoms with van der Waals surface area (Å²) in [6, 6.07) is 10.6. The number of hydrogen-bond donors (Lipinski definition) is 5. The number of amides is 3. The van der Waals surface area contributed by atoms with E-state index in [1.807, 2.05) is 23.9 Å². The van der Waals surface area contributed by atoms with Crippen molar-refractivity contribution in [2.75, 3.05) is 57.8 Å². The van der Waals surface area contributed by atoms with Gasteiger partial charge in [-0.25, -0.2) is 9.18 Å². The van der Waals surface area contributed by atoms with Gasteiger partial charge in [0.05, 0.1) is 51.3 Å². The molecule has 14 heteroatoms. The third kappa shape index (κ3) is 8.29. The Bertz CT molecular complexity index is 1560. The van der Waals surface area contributed by atoms with Crippen molar-refractivity contribution in [2.24, 2.45) is 0 Å². The minimum Gasteiger partial charge on any atom is -0.493 e. The molecule has 1 aromatic heterocycles. The predicted octanol–water partition coefficient (Wildman–Crippen LogP) is 4.13. The van der Waals surface area contributed by atoms with Crippen molar-refractivity contribution < 1.29 is 32.9 Å². The van der Waals surface area contributed by atoms with E-state index in [4.69, 9.17) is 18.9 Å². The molecule has 0 radical (unpaired) electrons. The number of urea groups is 1. The number of hydrogen-bond acceptors (Lipinski definition) is 9. The van der Waals surface area contributed by atoms with E-state index in [1.54, 1.807) is 19.2 Å². The van der Waals surface area contributed by atoms with Gasteiger partial charge >= 0.3 is 6.03 Å². The number of carbonyl (C=O) groups excluding carboxylic acids is 2. The number of thioether (sulfide) groups is 1. The molecule has 2 aliphatic heterocycles. The topological polar surface area (TPSA) is 148 Å². The monoisotopic (exact) mass is 668 g/mol. The Labute approximate surface area is 277 Å². The first-order chi connectivity index (χ1) is 23.0. The maximum Gasteiger partial charge on any atom is 0.315 e. The zero-order valence-electron chi connectivity index (χ0n) is 26.4. The lowest BCUT2D eigenvalue weighted by molar-refractivity contribution is -0.121. The van der Waals surface area contributed by atoms with E-state index in [9.17, 15) is 14.0 Å². The van der Waals surface area contributed by atoms with E-state index < -0.39 is 0 Å². The smallest absolute Gasteiger partial charge is 0.315 e. The van der Waals surface area contributed by atoms with Gasteiger partial charge in [-0.05, 0) is 48.7 Å². The van der Waals surface area contributed by atoms with Gasteiger partial charge in [0.2, 0.25) is 5.91 Å². The molecular weight excluding hydrogens is 627 g/mol. The van der Waals surface area contributed by atoms with Gasteiger partial charge < -0.3 is 40.2 Å². The van der Waals surface area contributed by atoms with Crippen molar-refractivity contribution in [1.29, 1.82) is 0 Å². The second-order valence-corrected chi connectivity index (χ2v) is 13.0. The second-order valence-electron chi connectivity index (χ2n) is 11.7. The van der Waals surface area contributed by atoms with Crippen LogP contribution in [0.5, 0.6) is 11.5 Å². The van der Waals surface area contributed by atoms with E-state index in [0.29, 0.717) is 80.7 Å². The van der Waals surface area contributed by atoms with Crippen LogP contribution in [0.25, 0.3) is 11.3 Å². The van der Waals surface area contributed by atoms with Crippen LogP contribution in [-0.4, -0.2) is 91.9 Å². The van der Waals surface area contributed by atoms with Gasteiger partial charge in [0.1, 0.15) is 12.4 Å². The Morgan fingerprint density at radius 1 is 1.06 bits per heavy atom. The molecule has 6 rings (SSSR count). The second kappa shape index (κ2) is 15.7. The lowest BCUT2D eigenvalue weighted by Gasteiger charge is -2.16. The average molecular weight is 669 g/mol. The van der Waals surface area contributed by atoms with Crippen LogP contribution in [0.4, 0.5) is 20.7 Å². The Hall–Kier alpha value is -4.01. The van der Waals surface area contributed by atoms with Crippen LogP contribution >= 0.6 is 11.8 Å². The van der Waals surface area contributed by atoms with Gasteiger partial charge in [-0.1, -0.05) is 12.5 Å². The molecule has 2 aromatic carbocycles. The van der Waals surface area contributed by atoms with Crippen LogP contribution in [0.15, 0.2) is 36.4 Å². The number of anilines is 2. The van der Waals surface area contributed by atoms with Crippen LogP contribution < -0.4 is 30.7 Å². The number of benzene rings is 2. The number of methoxy groups -OCH3 is 1. The maximum atomic E-state index is 13.6. The minimum absolute atomic E-state index is 0.0301. The van der Waals surface area contributed by atoms with Crippen molar-refractivity contribution in [1.82, 2.24) is 26.1 Å². The number of halogens is 1. The summed E-state index contributed by atoms with van der Waals surface area (Å²) in [4.78, 5) is 23.6. The van der Waals surface area contributed by atoms with Gasteiger partial charge in [0.25, 0.3) is 0 Å². The molecule has 1 aliphatic carbocycles. The van der Waals surface area contributed by atoms with Crippen LogP contribution in [0.3, 0.4) is 0 Å². The van der Waals surface area contributed by atoms with Gasteiger partial charge in [0, 0.05) is 47.2 Å². The Morgan fingerprint density at radius 3 is 2.77 bits per heavy atom. The summed E-state index contributed by atoms with van der Waals surface area (Å²) in [5.74, 6) is 2.56. The lowest BCUT2D eigenvalue weighted by atomic mass is 10.0. The standard InChI is InChI=1S/C33H41FN6O6S/c1-43-26-18-23-20(15-24-30(23)39-40-32(24)36-22-6-4-5-21(34)17-22)16-27(26)46-14-13-45-12-11-44-10-9-35-29(41)8-3-2-7-28-31-25(19-47-28)37-33(42)38-31/h4-6,16-18,25,28,31H,2-3,7-15,19H2,1H3,(H,35,41)(H2,36,39,40)(H2,37,38,42). The molecule has 0 saturated carbocycles. The largest absolute Gasteiger partial charge is 0.493 e. The highest BCUT2D eigenvalue weighted by atomic mass is 32.2. The first-order valence-electron chi connectivity index (χ1n) is 16.0. The predicted molar refractivity (Wildman–Crippen MR) is 177 cm³/mol. The number of aromatic amines is 1. The highest BCUT2D eigenvalue weighted by Crippen LogP contribution is 2.44. The molecule has 3 heterocycles. The van der Waals surface area contributed by atoms with E-state index in [2.05, 4.69) is 31.5 Å². The number of carbonyl (C=O) groups is 2. The summed E-state index contributed by atoms with van der Waals surface area (Å²) in [6.45, 7) is 2.44. The Morgan fingerprint density at radius 2 is 1.91 bits per heavy atom. The fourth-order valence-electron chi connectivity index (χ4n) is 6.17. The summed E-state index contributed by atoms with van der Waals surface area (Å²) >= 11 is 1.90. The number of aromatic nitrogens is 2. The van der Waals surface area contributed by atoms with E-state index in [-0.39, 0.29) is 29.8 Å². The number of unbranched alkanes of at least 4 members (excludes halogenated alkanes) is 1.